The van der Waals surface area contributed by atoms with Gasteiger partial charge in [0.25, 0.3) is 0 Å². The van der Waals surface area contributed by atoms with Gasteiger partial charge in [-0.15, -0.1) is 5.10 Å². The van der Waals surface area contributed by atoms with E-state index in [1.165, 1.54) is 0 Å². The molecule has 4 aromatic rings. The van der Waals surface area contributed by atoms with E-state index in [4.69, 9.17) is 14.6 Å². The van der Waals surface area contributed by atoms with Crippen LogP contribution in [0.1, 0.15) is 31.2 Å². The zero-order valence-corrected chi connectivity index (χ0v) is 26.5. The Hall–Kier alpha value is -3.55. The largest absolute Gasteiger partial charge is 0.494 e. The van der Waals surface area contributed by atoms with Gasteiger partial charge < -0.3 is 19.7 Å². The molecule has 12 heteroatoms. The monoisotopic (exact) mass is 631 g/mol. The molecule has 0 bridgehead atoms. The molecule has 1 unspecified atom stereocenters. The van der Waals surface area contributed by atoms with Gasteiger partial charge in [0, 0.05) is 62.6 Å². The predicted molar refractivity (Wildman–Crippen MR) is 176 cm³/mol. The van der Waals surface area contributed by atoms with Crippen molar-refractivity contribution >= 4 is 34.1 Å². The Kier molecular flexibility index (Phi) is 8.99. The van der Waals surface area contributed by atoms with E-state index in [1.807, 2.05) is 47.0 Å². The van der Waals surface area contributed by atoms with Crippen LogP contribution in [0, 0.1) is 5.92 Å². The van der Waals surface area contributed by atoms with Gasteiger partial charge in [0.05, 0.1) is 43.4 Å². The van der Waals surface area contributed by atoms with Gasteiger partial charge in [-0.1, -0.05) is 24.3 Å². The summed E-state index contributed by atoms with van der Waals surface area (Å²) in [5, 5.41) is 8.22. The summed E-state index contributed by atoms with van der Waals surface area (Å²) < 4.78 is 36.9. The molecule has 3 fully saturated rings. The zero-order valence-electron chi connectivity index (χ0n) is 25.7. The van der Waals surface area contributed by atoms with Gasteiger partial charge in [-0.3, -0.25) is 9.45 Å². The lowest BCUT2D eigenvalue weighted by molar-refractivity contribution is 0.0115. The fraction of sp³-hybridized carbons (Fsp3) is 0.455. The van der Waals surface area contributed by atoms with Crippen molar-refractivity contribution in [2.24, 2.45) is 5.92 Å². The first-order valence-corrected chi connectivity index (χ1v) is 16.9. The molecule has 1 atom stereocenters. The maximum Gasteiger partial charge on any atom is 0.245 e. The molecule has 0 amide bonds. The lowest BCUT2D eigenvalue weighted by Gasteiger charge is -2.40. The number of morpholine rings is 1. The molecule has 2 aromatic heterocycles. The Balaban J connectivity index is 1.08. The minimum Gasteiger partial charge on any atom is -0.494 e. The third kappa shape index (κ3) is 6.85. The van der Waals surface area contributed by atoms with Crippen LogP contribution in [0.3, 0.4) is 0 Å². The van der Waals surface area contributed by atoms with Crippen molar-refractivity contribution in [1.29, 1.82) is 0 Å². The number of nitrogens with zero attached hydrogens (tertiary/aromatic N) is 6. The number of nitrogens with one attached hydrogen (secondary N) is 1. The van der Waals surface area contributed by atoms with Gasteiger partial charge in [-0.25, -0.2) is 13.7 Å². The van der Waals surface area contributed by atoms with Crippen LogP contribution < -0.4 is 15.0 Å². The molecule has 2 N–H and O–H groups in total. The standard InChI is InChI=1S/C33H41N7O4S/c1-43-32-20-27(37-14-12-26(13-15-37)38-16-18-44-19-17-38)8-10-30(32)35-33-34-21-28-9-11-31(40(28)36-33)29-5-3-2-4-25(29)23-39(45(41)42)22-24-6-7-24/h2-5,8-11,20-21,24,26H,6-7,12-19,22-23H2,1H3,(H,35,36)(H,41,42). The average molecular weight is 632 g/mol. The van der Waals surface area contributed by atoms with Gasteiger partial charge in [0.15, 0.2) is 0 Å². The first-order valence-electron chi connectivity index (χ1n) is 15.9. The highest BCUT2D eigenvalue weighted by molar-refractivity contribution is 7.76. The van der Waals surface area contributed by atoms with E-state index in [0.717, 1.165) is 105 Å². The smallest absolute Gasteiger partial charge is 0.245 e. The number of hydrogen-bond donors (Lipinski definition) is 2. The van der Waals surface area contributed by atoms with E-state index >= 15 is 0 Å². The van der Waals surface area contributed by atoms with Crippen LogP contribution in [0.25, 0.3) is 16.8 Å². The van der Waals surface area contributed by atoms with Crippen molar-refractivity contribution in [3.05, 3.63) is 66.4 Å². The number of ether oxygens (including phenoxy) is 2. The summed E-state index contributed by atoms with van der Waals surface area (Å²) in [5.74, 6) is 1.68. The molecule has 7 rings (SSSR count). The molecule has 0 spiro atoms. The summed E-state index contributed by atoms with van der Waals surface area (Å²) in [6, 6.07) is 18.9. The lowest BCUT2D eigenvalue weighted by atomic mass is 10.0. The quantitative estimate of drug-likeness (QED) is 0.226. The van der Waals surface area contributed by atoms with Crippen molar-refractivity contribution in [2.45, 2.75) is 38.3 Å². The highest BCUT2D eigenvalue weighted by Gasteiger charge is 2.28. The van der Waals surface area contributed by atoms with Gasteiger partial charge in [0.2, 0.25) is 17.2 Å². The number of methoxy groups -OCH3 is 1. The first-order chi connectivity index (χ1) is 22.1. The fourth-order valence-corrected chi connectivity index (χ4v) is 7.15. The average Bonchev–Trinajstić information content (AvgIpc) is 3.81. The van der Waals surface area contributed by atoms with Crippen molar-refractivity contribution in [3.63, 3.8) is 0 Å². The number of piperidine rings is 1. The van der Waals surface area contributed by atoms with Crippen molar-refractivity contribution < 1.29 is 18.2 Å². The molecule has 0 radical (unpaired) electrons. The summed E-state index contributed by atoms with van der Waals surface area (Å²) in [6.45, 7) is 6.79. The summed E-state index contributed by atoms with van der Waals surface area (Å²) in [4.78, 5) is 9.60. The normalized spacial score (nSPS) is 18.9. The summed E-state index contributed by atoms with van der Waals surface area (Å²) in [5.41, 5.74) is 5.63. The highest BCUT2D eigenvalue weighted by Crippen LogP contribution is 2.34. The molecular formula is C33H41N7O4S. The third-order valence-electron chi connectivity index (χ3n) is 9.24. The van der Waals surface area contributed by atoms with Crippen molar-refractivity contribution in [3.8, 4) is 17.0 Å². The summed E-state index contributed by atoms with van der Waals surface area (Å²) >= 11 is -2.03. The molecule has 11 nitrogen and oxygen atoms in total. The maximum absolute atomic E-state index is 12.1. The van der Waals surface area contributed by atoms with E-state index in [9.17, 15) is 8.76 Å². The van der Waals surface area contributed by atoms with Crippen LogP contribution in [0.4, 0.5) is 17.3 Å². The highest BCUT2D eigenvalue weighted by atomic mass is 32.2. The van der Waals surface area contributed by atoms with Crippen LogP contribution in [0.5, 0.6) is 5.75 Å². The van der Waals surface area contributed by atoms with Crippen LogP contribution >= 0.6 is 0 Å². The second-order valence-corrected chi connectivity index (χ2v) is 13.1. The molecule has 2 aromatic carbocycles. The maximum atomic E-state index is 12.1. The number of anilines is 3. The van der Waals surface area contributed by atoms with Gasteiger partial charge in [-0.05, 0) is 61.4 Å². The van der Waals surface area contributed by atoms with Crippen molar-refractivity contribution in [1.82, 2.24) is 23.8 Å². The van der Waals surface area contributed by atoms with E-state index < -0.39 is 11.3 Å². The lowest BCUT2D eigenvalue weighted by Crippen LogP contribution is -2.49. The second kappa shape index (κ2) is 13.4. The fourth-order valence-electron chi connectivity index (χ4n) is 6.57. The predicted octanol–water partition coefficient (Wildman–Crippen LogP) is 4.80. The van der Waals surface area contributed by atoms with Crippen molar-refractivity contribution in [2.75, 3.05) is 63.3 Å². The Morgan fingerprint density at radius 1 is 1.04 bits per heavy atom. The Labute approximate surface area is 266 Å². The summed E-state index contributed by atoms with van der Waals surface area (Å²) in [7, 11) is 1.69. The van der Waals surface area contributed by atoms with E-state index in [-0.39, 0.29) is 0 Å². The first kappa shape index (κ1) is 30.1. The SMILES string of the molecule is COc1cc(N2CCC(N3CCOCC3)CC2)ccc1Nc1ncc2ccc(-c3ccccc3CN(CC3CC3)S(=O)O)n2n1. The second-order valence-electron chi connectivity index (χ2n) is 12.2. The topological polar surface area (TPSA) is 108 Å². The van der Waals surface area contributed by atoms with E-state index in [0.29, 0.717) is 31.0 Å². The molecule has 238 valence electrons. The number of hydrogen-bond acceptors (Lipinski definition) is 8. The zero-order chi connectivity index (χ0) is 30.8. The van der Waals surface area contributed by atoms with E-state index in [1.54, 1.807) is 17.6 Å². The number of rotatable bonds is 11. The minimum absolute atomic E-state index is 0.383. The Morgan fingerprint density at radius 3 is 2.60 bits per heavy atom. The molecule has 3 aliphatic rings. The number of aromatic nitrogens is 3. The molecule has 1 aliphatic carbocycles. The molecule has 45 heavy (non-hydrogen) atoms. The Morgan fingerprint density at radius 2 is 1.84 bits per heavy atom. The Bertz CT molecular complexity index is 1650. The van der Waals surface area contributed by atoms with Crippen LogP contribution in [0.15, 0.2) is 60.8 Å². The van der Waals surface area contributed by atoms with E-state index in [2.05, 4.69) is 32.2 Å². The minimum atomic E-state index is -2.03. The molecule has 1 saturated carbocycles. The van der Waals surface area contributed by atoms with Gasteiger partial charge in [-0.2, -0.15) is 4.31 Å². The summed E-state index contributed by atoms with van der Waals surface area (Å²) in [6.07, 6.45) is 6.33. The molecular weight excluding hydrogens is 590 g/mol. The number of benzene rings is 2. The molecule has 2 aliphatic heterocycles. The van der Waals surface area contributed by atoms with Crippen LogP contribution in [-0.2, 0) is 22.5 Å². The van der Waals surface area contributed by atoms with Crippen LogP contribution in [-0.4, -0.2) is 91.7 Å². The van der Waals surface area contributed by atoms with Crippen LogP contribution in [0.2, 0.25) is 0 Å². The molecule has 2 saturated heterocycles. The molecule has 4 heterocycles. The van der Waals surface area contributed by atoms with Gasteiger partial charge in [0.1, 0.15) is 5.75 Å². The number of fused-ring (bicyclic) bond motifs is 1. The van der Waals surface area contributed by atoms with Gasteiger partial charge >= 0.3 is 0 Å². The third-order valence-corrected chi connectivity index (χ3v) is 9.96.